The number of rotatable bonds is 7. The van der Waals surface area contributed by atoms with Crippen molar-refractivity contribution in [3.8, 4) is 11.6 Å². The fourth-order valence-electron chi connectivity index (χ4n) is 4.61. The third-order valence-electron chi connectivity index (χ3n) is 6.25. The van der Waals surface area contributed by atoms with Gasteiger partial charge in [-0.3, -0.25) is 0 Å². The van der Waals surface area contributed by atoms with Gasteiger partial charge < -0.3 is 13.9 Å². The number of hydrogen-bond acceptors (Lipinski definition) is 6. The number of nitrogens with zero attached hydrogens (tertiary/aromatic N) is 5. The van der Waals surface area contributed by atoms with Gasteiger partial charge in [-0.1, -0.05) is 35.5 Å². The summed E-state index contributed by atoms with van der Waals surface area (Å²) in [6.45, 7) is 5.40. The van der Waals surface area contributed by atoms with Crippen molar-refractivity contribution in [3.05, 3.63) is 46.9 Å². The standard InChI is InChI=1S/C21H24ClN5OS/c1-14-18(28-13-23-14)19-24-25-20(26(19)2)29-8-4-7-27-11-16-10-21(16,12-27)15-5-3-6-17(22)9-15/h3,5-6,9,13,16H,4,7-8,10-12H2,1-2H3/t16-,21+/m1/s1. The second-order valence-corrected chi connectivity index (χ2v) is 9.64. The van der Waals surface area contributed by atoms with E-state index in [0.717, 1.165) is 52.9 Å². The number of piperidine rings is 1. The van der Waals surface area contributed by atoms with E-state index in [2.05, 4.69) is 38.3 Å². The van der Waals surface area contributed by atoms with Gasteiger partial charge in [-0.25, -0.2) is 4.98 Å². The maximum atomic E-state index is 6.22. The summed E-state index contributed by atoms with van der Waals surface area (Å²) < 4.78 is 7.43. The molecule has 0 amide bonds. The lowest BCUT2D eigenvalue weighted by Crippen LogP contribution is -2.27. The Labute approximate surface area is 179 Å². The Morgan fingerprint density at radius 2 is 2.24 bits per heavy atom. The number of benzene rings is 1. The molecule has 0 bridgehead atoms. The topological polar surface area (TPSA) is 60.0 Å². The summed E-state index contributed by atoms with van der Waals surface area (Å²) in [5.74, 6) is 3.23. The molecule has 2 fully saturated rings. The van der Waals surface area contributed by atoms with Gasteiger partial charge >= 0.3 is 0 Å². The number of aryl methyl sites for hydroxylation is 1. The molecule has 1 aromatic carbocycles. The number of hydrogen-bond donors (Lipinski definition) is 0. The van der Waals surface area contributed by atoms with Gasteiger partial charge in [0.05, 0.1) is 5.69 Å². The highest BCUT2D eigenvalue weighted by Gasteiger charge is 2.60. The predicted molar refractivity (Wildman–Crippen MR) is 114 cm³/mol. The molecule has 2 aromatic heterocycles. The molecule has 3 heterocycles. The van der Waals surface area contributed by atoms with Gasteiger partial charge in [0.1, 0.15) is 0 Å². The molecule has 29 heavy (non-hydrogen) atoms. The first kappa shape index (κ1) is 19.2. The number of thioether (sulfide) groups is 1. The maximum absolute atomic E-state index is 6.22. The van der Waals surface area contributed by atoms with Crippen LogP contribution in [0.3, 0.4) is 0 Å². The molecule has 8 heteroatoms. The summed E-state index contributed by atoms with van der Waals surface area (Å²) in [5, 5.41) is 10.4. The van der Waals surface area contributed by atoms with E-state index >= 15 is 0 Å². The predicted octanol–water partition coefficient (Wildman–Crippen LogP) is 4.19. The molecule has 0 unspecified atom stereocenters. The Morgan fingerprint density at radius 3 is 3.03 bits per heavy atom. The Bertz CT molecular complexity index is 1030. The molecule has 0 radical (unpaired) electrons. The third kappa shape index (κ3) is 3.49. The van der Waals surface area contributed by atoms with Crippen LogP contribution in [0.25, 0.3) is 11.6 Å². The van der Waals surface area contributed by atoms with E-state index in [4.69, 9.17) is 16.0 Å². The van der Waals surface area contributed by atoms with Crippen molar-refractivity contribution in [1.82, 2.24) is 24.6 Å². The van der Waals surface area contributed by atoms with Gasteiger partial charge in [-0.05, 0) is 49.9 Å². The van der Waals surface area contributed by atoms with E-state index in [9.17, 15) is 0 Å². The van der Waals surface area contributed by atoms with Crippen LogP contribution in [0.2, 0.25) is 5.02 Å². The highest BCUT2D eigenvalue weighted by Crippen LogP contribution is 2.59. The number of aromatic nitrogens is 4. The zero-order chi connectivity index (χ0) is 20.0. The molecule has 3 aromatic rings. The maximum Gasteiger partial charge on any atom is 0.202 e. The fraction of sp³-hybridized carbons (Fsp3) is 0.476. The van der Waals surface area contributed by atoms with Crippen LogP contribution in [0.4, 0.5) is 0 Å². The Balaban J connectivity index is 1.13. The molecular weight excluding hydrogens is 406 g/mol. The second kappa shape index (κ2) is 7.45. The van der Waals surface area contributed by atoms with Crippen LogP contribution in [0.1, 0.15) is 24.1 Å². The molecule has 2 aliphatic rings. The first-order valence-corrected chi connectivity index (χ1v) is 11.3. The lowest BCUT2D eigenvalue weighted by atomic mass is 9.95. The van der Waals surface area contributed by atoms with Gasteiger partial charge in [0.25, 0.3) is 0 Å². The average Bonchev–Trinajstić information content (AvgIpc) is 3.01. The lowest BCUT2D eigenvalue weighted by molar-refractivity contribution is 0.299. The fourth-order valence-corrected chi connectivity index (χ4v) is 5.63. The number of fused-ring (bicyclic) bond motifs is 1. The molecular formula is C21H24ClN5OS. The summed E-state index contributed by atoms with van der Waals surface area (Å²) in [5.41, 5.74) is 2.60. The summed E-state index contributed by atoms with van der Waals surface area (Å²) in [6, 6.07) is 8.44. The van der Waals surface area contributed by atoms with E-state index in [1.165, 1.54) is 24.9 Å². The van der Waals surface area contributed by atoms with Crippen molar-refractivity contribution in [3.63, 3.8) is 0 Å². The van der Waals surface area contributed by atoms with Crippen LogP contribution in [0.15, 0.2) is 40.2 Å². The molecule has 1 aliphatic heterocycles. The number of likely N-dealkylation sites (tertiary alicyclic amines) is 1. The first-order chi connectivity index (χ1) is 14.1. The molecule has 5 rings (SSSR count). The van der Waals surface area contributed by atoms with E-state index < -0.39 is 0 Å². The number of oxazole rings is 1. The van der Waals surface area contributed by atoms with Crippen LogP contribution in [0.5, 0.6) is 0 Å². The van der Waals surface area contributed by atoms with Crippen LogP contribution in [0, 0.1) is 12.8 Å². The monoisotopic (exact) mass is 429 g/mol. The first-order valence-electron chi connectivity index (χ1n) is 9.98. The molecule has 6 nitrogen and oxygen atoms in total. The summed E-state index contributed by atoms with van der Waals surface area (Å²) in [4.78, 5) is 6.74. The minimum absolute atomic E-state index is 0.353. The molecule has 1 aliphatic carbocycles. The Kier molecular flexibility index (Phi) is 4.92. The van der Waals surface area contributed by atoms with E-state index in [1.807, 2.05) is 24.6 Å². The van der Waals surface area contributed by atoms with Crippen molar-refractivity contribution < 1.29 is 4.42 Å². The van der Waals surface area contributed by atoms with Crippen molar-refractivity contribution in [2.45, 2.75) is 30.3 Å². The highest BCUT2D eigenvalue weighted by molar-refractivity contribution is 7.99. The van der Waals surface area contributed by atoms with Crippen LogP contribution < -0.4 is 0 Å². The van der Waals surface area contributed by atoms with E-state index in [-0.39, 0.29) is 0 Å². The van der Waals surface area contributed by atoms with Crippen molar-refractivity contribution in [2.24, 2.45) is 13.0 Å². The minimum atomic E-state index is 0.353. The molecule has 1 saturated heterocycles. The molecule has 1 saturated carbocycles. The van der Waals surface area contributed by atoms with Crippen molar-refractivity contribution in [1.29, 1.82) is 0 Å². The van der Waals surface area contributed by atoms with Gasteiger partial charge in [-0.15, -0.1) is 10.2 Å². The van der Waals surface area contributed by atoms with Crippen LogP contribution >= 0.6 is 23.4 Å². The number of halogens is 1. The highest BCUT2D eigenvalue weighted by atomic mass is 35.5. The van der Waals surface area contributed by atoms with Gasteiger partial charge in [0, 0.05) is 36.3 Å². The molecule has 2 atom stereocenters. The molecule has 0 spiro atoms. The van der Waals surface area contributed by atoms with Crippen molar-refractivity contribution >= 4 is 23.4 Å². The summed E-state index contributed by atoms with van der Waals surface area (Å²) >= 11 is 7.96. The Morgan fingerprint density at radius 1 is 1.34 bits per heavy atom. The smallest absolute Gasteiger partial charge is 0.202 e. The SMILES string of the molecule is Cc1ncoc1-c1nnc(SCCCN2C[C@H]3C[C@@]3(c3cccc(Cl)c3)C2)n1C. The minimum Gasteiger partial charge on any atom is -0.440 e. The summed E-state index contributed by atoms with van der Waals surface area (Å²) in [7, 11) is 1.97. The zero-order valence-corrected chi connectivity index (χ0v) is 18.2. The van der Waals surface area contributed by atoms with Crippen LogP contribution in [-0.4, -0.2) is 50.0 Å². The molecule has 152 valence electrons. The van der Waals surface area contributed by atoms with Crippen molar-refractivity contribution in [2.75, 3.05) is 25.4 Å². The largest absolute Gasteiger partial charge is 0.440 e. The Hall–Kier alpha value is -1.83. The normalized spacial score (nSPS) is 23.5. The molecule has 0 N–H and O–H groups in total. The van der Waals surface area contributed by atoms with Gasteiger partial charge in [0.2, 0.25) is 5.82 Å². The third-order valence-corrected chi connectivity index (χ3v) is 7.59. The quantitative estimate of drug-likeness (QED) is 0.414. The zero-order valence-electron chi connectivity index (χ0n) is 16.6. The lowest BCUT2D eigenvalue weighted by Gasteiger charge is -2.21. The average molecular weight is 430 g/mol. The van der Waals surface area contributed by atoms with Gasteiger partial charge in [-0.2, -0.15) is 0 Å². The van der Waals surface area contributed by atoms with Gasteiger partial charge in [0.15, 0.2) is 17.3 Å². The summed E-state index contributed by atoms with van der Waals surface area (Å²) in [6.07, 6.45) is 3.89. The van der Waals surface area contributed by atoms with Crippen LogP contribution in [-0.2, 0) is 12.5 Å². The van der Waals surface area contributed by atoms with E-state index in [0.29, 0.717) is 11.2 Å². The second-order valence-electron chi connectivity index (χ2n) is 8.14. The van der Waals surface area contributed by atoms with E-state index in [1.54, 1.807) is 11.8 Å².